The molecule has 0 fully saturated rings. The molecule has 1 heterocycles. The Hall–Kier alpha value is -1.81. The van der Waals surface area contributed by atoms with Gasteiger partial charge in [-0.3, -0.25) is 0 Å². The van der Waals surface area contributed by atoms with Crippen LogP contribution in [0.1, 0.15) is 51.3 Å². The van der Waals surface area contributed by atoms with E-state index in [1.807, 2.05) is 25.1 Å². The molecule has 132 valence electrons. The van der Waals surface area contributed by atoms with Gasteiger partial charge in [-0.1, -0.05) is 20.8 Å². The maximum Gasteiger partial charge on any atom is 0.215 e. The molecule has 4 nitrogen and oxygen atoms in total. The molecule has 0 bridgehead atoms. The molecule has 0 unspecified atom stereocenters. The summed E-state index contributed by atoms with van der Waals surface area (Å²) in [5, 5.41) is 11.7. The highest BCUT2D eigenvalue weighted by molar-refractivity contribution is 5.84. The molecule has 2 rings (SSSR count). The van der Waals surface area contributed by atoms with Gasteiger partial charge in [-0.2, -0.15) is 0 Å². The van der Waals surface area contributed by atoms with Crippen LogP contribution in [0.4, 0.5) is 0 Å². The van der Waals surface area contributed by atoms with Gasteiger partial charge in [-0.05, 0) is 31.4 Å². The number of ether oxygens (including phenoxy) is 1. The lowest BCUT2D eigenvalue weighted by Gasteiger charge is -2.19. The van der Waals surface area contributed by atoms with Crippen molar-refractivity contribution in [3.63, 3.8) is 0 Å². The van der Waals surface area contributed by atoms with Crippen LogP contribution in [0.15, 0.2) is 18.2 Å². The fraction of sp³-hybridized carbons (Fsp3) is 0.550. The number of quaternary nitrogens is 1. The van der Waals surface area contributed by atoms with Crippen LogP contribution in [0.5, 0.6) is 11.5 Å². The molecule has 0 aliphatic heterocycles. The topological polar surface area (TPSA) is 48.0 Å². The number of aryl methyl sites for hydroxylation is 1. The van der Waals surface area contributed by atoms with Crippen molar-refractivity contribution in [1.29, 1.82) is 0 Å². The Balaban J connectivity index is 2.38. The summed E-state index contributed by atoms with van der Waals surface area (Å²) in [6.45, 7) is 12.4. The lowest BCUT2D eigenvalue weighted by atomic mass is 10.1. The molecule has 0 amide bonds. The lowest BCUT2D eigenvalue weighted by Crippen LogP contribution is -3.10. The number of nitrogens with one attached hydrogen (secondary N) is 2. The Labute approximate surface area is 145 Å². The number of H-pyrrole nitrogens is 1. The van der Waals surface area contributed by atoms with Crippen LogP contribution >= 0.6 is 0 Å². The summed E-state index contributed by atoms with van der Waals surface area (Å²) in [6.07, 6.45) is 3.28. The third-order valence-electron chi connectivity index (χ3n) is 4.41. The van der Waals surface area contributed by atoms with Crippen molar-refractivity contribution in [2.45, 2.75) is 53.5 Å². The Morgan fingerprint density at radius 1 is 1.08 bits per heavy atom. The number of benzene rings is 1. The average Bonchev–Trinajstić information content (AvgIpc) is 2.57. The van der Waals surface area contributed by atoms with Gasteiger partial charge in [0.2, 0.25) is 5.52 Å². The first-order chi connectivity index (χ1) is 11.6. The van der Waals surface area contributed by atoms with Gasteiger partial charge in [0, 0.05) is 13.0 Å². The van der Waals surface area contributed by atoms with Crippen molar-refractivity contribution >= 4 is 10.9 Å². The highest BCUT2D eigenvalue weighted by Crippen LogP contribution is 2.30. The summed E-state index contributed by atoms with van der Waals surface area (Å²) in [5.74, 6) is 1.21. The summed E-state index contributed by atoms with van der Waals surface area (Å²) >= 11 is 0. The molecule has 0 aliphatic carbocycles. The van der Waals surface area contributed by atoms with Crippen molar-refractivity contribution in [3.8, 4) is 11.5 Å². The normalized spacial score (nSPS) is 11.4. The van der Waals surface area contributed by atoms with E-state index >= 15 is 0 Å². The molecular weight excluding hydrogens is 300 g/mol. The predicted molar refractivity (Wildman–Crippen MR) is 97.7 cm³/mol. The number of aromatic nitrogens is 1. The third-order valence-corrected chi connectivity index (χ3v) is 4.41. The quantitative estimate of drug-likeness (QED) is 0.742. The van der Waals surface area contributed by atoms with Crippen LogP contribution in [0.25, 0.3) is 10.9 Å². The van der Waals surface area contributed by atoms with E-state index in [0.717, 1.165) is 66.8 Å². The predicted octanol–water partition coefficient (Wildman–Crippen LogP) is 2.66. The minimum Gasteiger partial charge on any atom is -0.506 e. The molecule has 0 aliphatic rings. The molecule has 1 aromatic heterocycles. The van der Waals surface area contributed by atoms with E-state index < -0.39 is 0 Å². The van der Waals surface area contributed by atoms with Crippen LogP contribution in [0.3, 0.4) is 0 Å². The van der Waals surface area contributed by atoms with Crippen LogP contribution < -0.4 is 14.6 Å². The molecule has 0 atom stereocenters. The van der Waals surface area contributed by atoms with Gasteiger partial charge >= 0.3 is 0 Å². The second-order valence-electron chi connectivity index (χ2n) is 6.56. The van der Waals surface area contributed by atoms with Crippen LogP contribution in [0.2, 0.25) is 0 Å². The number of aromatic hydroxyl groups is 1. The SMILES string of the molecule is CCCOc1ccc2[nH+]c(C)c(C[NH+](CCC)CCC)c(O)c2c1. The fourth-order valence-corrected chi connectivity index (χ4v) is 3.23. The Bertz CT molecular complexity index is 664. The fourth-order valence-electron chi connectivity index (χ4n) is 3.23. The van der Waals surface area contributed by atoms with Crippen molar-refractivity contribution in [1.82, 2.24) is 0 Å². The highest BCUT2D eigenvalue weighted by atomic mass is 16.5. The van der Waals surface area contributed by atoms with Gasteiger partial charge in [0.1, 0.15) is 23.6 Å². The average molecular weight is 332 g/mol. The van der Waals surface area contributed by atoms with Crippen LogP contribution in [0, 0.1) is 6.92 Å². The summed E-state index contributed by atoms with van der Waals surface area (Å²) in [5.41, 5.74) is 3.02. The number of aromatic amines is 1. The van der Waals surface area contributed by atoms with E-state index in [9.17, 15) is 5.11 Å². The molecular formula is C20H32N2O2+2. The second kappa shape index (κ2) is 8.88. The first-order valence-electron chi connectivity index (χ1n) is 9.24. The van der Waals surface area contributed by atoms with Crippen LogP contribution in [-0.2, 0) is 6.54 Å². The zero-order chi connectivity index (χ0) is 17.5. The van der Waals surface area contributed by atoms with Gasteiger partial charge in [0.25, 0.3) is 0 Å². The van der Waals surface area contributed by atoms with E-state index in [2.05, 4.69) is 25.8 Å². The number of fused-ring (bicyclic) bond motifs is 1. The van der Waals surface area contributed by atoms with Crippen molar-refractivity contribution in [2.24, 2.45) is 0 Å². The standard InChI is InChI=1S/C20H30N2O2/c1-5-10-22(11-6-2)14-18-15(4)21-19-9-8-16(24-12-7-3)13-17(19)20(18)23/h8-9,13H,5-7,10-12,14H2,1-4H3,(H,21,23)/p+2. The third kappa shape index (κ3) is 4.38. The smallest absolute Gasteiger partial charge is 0.215 e. The van der Waals surface area contributed by atoms with Crippen molar-refractivity contribution in [3.05, 3.63) is 29.5 Å². The molecule has 0 radical (unpaired) electrons. The zero-order valence-electron chi connectivity index (χ0n) is 15.5. The molecule has 24 heavy (non-hydrogen) atoms. The molecule has 4 heteroatoms. The highest BCUT2D eigenvalue weighted by Gasteiger charge is 2.21. The number of hydrogen-bond donors (Lipinski definition) is 2. The van der Waals surface area contributed by atoms with E-state index in [1.165, 1.54) is 4.90 Å². The maximum atomic E-state index is 10.9. The minimum atomic E-state index is 0.396. The minimum absolute atomic E-state index is 0.396. The summed E-state index contributed by atoms with van der Waals surface area (Å²) in [4.78, 5) is 4.96. The summed E-state index contributed by atoms with van der Waals surface area (Å²) in [7, 11) is 0. The Morgan fingerprint density at radius 3 is 2.42 bits per heavy atom. The molecule has 1 aromatic carbocycles. The van der Waals surface area contributed by atoms with E-state index in [-0.39, 0.29) is 0 Å². The monoisotopic (exact) mass is 332 g/mol. The van der Waals surface area contributed by atoms with E-state index in [1.54, 1.807) is 0 Å². The number of pyridine rings is 1. The molecule has 0 saturated carbocycles. The van der Waals surface area contributed by atoms with Gasteiger partial charge < -0.3 is 14.7 Å². The summed E-state index contributed by atoms with van der Waals surface area (Å²) in [6, 6.07) is 5.89. The maximum absolute atomic E-state index is 10.9. The lowest BCUT2D eigenvalue weighted by molar-refractivity contribution is -0.914. The second-order valence-corrected chi connectivity index (χ2v) is 6.56. The number of hydrogen-bond acceptors (Lipinski definition) is 2. The van der Waals surface area contributed by atoms with E-state index in [4.69, 9.17) is 4.74 Å². The van der Waals surface area contributed by atoms with Gasteiger partial charge in [-0.15, -0.1) is 0 Å². The molecule has 0 spiro atoms. The first kappa shape index (κ1) is 18.5. The molecule has 2 aromatic rings. The van der Waals surface area contributed by atoms with Gasteiger partial charge in [-0.25, -0.2) is 4.98 Å². The first-order valence-corrected chi connectivity index (χ1v) is 9.24. The Kier molecular flexibility index (Phi) is 6.85. The molecule has 3 N–H and O–H groups in total. The summed E-state index contributed by atoms with van der Waals surface area (Å²) < 4.78 is 5.72. The molecule has 0 saturated heterocycles. The van der Waals surface area contributed by atoms with Gasteiger partial charge in [0.15, 0.2) is 5.69 Å². The largest absolute Gasteiger partial charge is 0.506 e. The van der Waals surface area contributed by atoms with Crippen molar-refractivity contribution in [2.75, 3.05) is 19.7 Å². The van der Waals surface area contributed by atoms with Crippen LogP contribution in [-0.4, -0.2) is 24.8 Å². The zero-order valence-corrected chi connectivity index (χ0v) is 15.5. The van der Waals surface area contributed by atoms with Crippen molar-refractivity contribution < 1.29 is 19.7 Å². The van der Waals surface area contributed by atoms with Gasteiger partial charge in [0.05, 0.1) is 25.1 Å². The Morgan fingerprint density at radius 2 is 1.79 bits per heavy atom. The van der Waals surface area contributed by atoms with E-state index in [0.29, 0.717) is 12.4 Å². The number of rotatable bonds is 9.